The van der Waals surface area contributed by atoms with Gasteiger partial charge in [0.25, 0.3) is 0 Å². The van der Waals surface area contributed by atoms with E-state index in [0.717, 1.165) is 25.7 Å². The molecule has 0 bridgehead atoms. The van der Waals surface area contributed by atoms with Crippen molar-refractivity contribution in [2.45, 2.75) is 51.5 Å². The average molecular weight is 267 g/mol. The monoisotopic (exact) mass is 267 g/mol. The molecule has 0 aliphatic carbocycles. The average Bonchev–Trinajstić information content (AvgIpc) is 2.35. The zero-order valence-corrected chi connectivity index (χ0v) is 11.5. The van der Waals surface area contributed by atoms with Gasteiger partial charge in [-0.05, 0) is 0 Å². The second-order valence-corrected chi connectivity index (χ2v) is 6.62. The summed E-state index contributed by atoms with van der Waals surface area (Å²) in [6, 6.07) is 0.346. The first-order chi connectivity index (χ1) is 8.74. The van der Waals surface area contributed by atoms with Gasteiger partial charge in [-0.25, -0.2) is 14.4 Å². The topological polar surface area (TPSA) is 88.3 Å². The zero-order valence-electron chi connectivity index (χ0n) is 10.5. The van der Waals surface area contributed by atoms with Crippen LogP contribution < -0.4 is 0 Å². The third-order valence-electron chi connectivity index (χ3n) is 2.54. The molecule has 0 aromatic heterocycles. The molecule has 0 spiro atoms. The van der Waals surface area contributed by atoms with Gasteiger partial charge in [0.05, 0.1) is 0 Å². The van der Waals surface area contributed by atoms with Crippen LogP contribution in [-0.2, 0) is 14.4 Å². The third kappa shape index (κ3) is 6.84. The molecule has 0 unspecified atom stereocenters. The van der Waals surface area contributed by atoms with E-state index in [1.54, 1.807) is 0 Å². The second kappa shape index (κ2) is 10.5. The molecule has 0 saturated heterocycles. The van der Waals surface area contributed by atoms with E-state index >= 15 is 0 Å². The standard InChI is InChI=1S/C11H17N3O3Si/c1-2-3-4-5-6-7-8-18(12-9-15,13-10-16)14-11-17/h2-8H2,1H3. The van der Waals surface area contributed by atoms with E-state index < -0.39 is 8.56 Å². The van der Waals surface area contributed by atoms with Gasteiger partial charge in [0.1, 0.15) is 0 Å². The first-order valence-corrected chi connectivity index (χ1v) is 8.06. The van der Waals surface area contributed by atoms with Crippen LogP contribution in [0, 0.1) is 0 Å². The Kier molecular flexibility index (Phi) is 9.55. The molecule has 18 heavy (non-hydrogen) atoms. The number of hydrogen-bond donors (Lipinski definition) is 0. The minimum Gasteiger partial charge on any atom is -0.212 e. The molecular formula is C11H17N3O3Si. The Morgan fingerprint density at radius 2 is 1.22 bits per heavy atom. The minimum atomic E-state index is -3.26. The lowest BCUT2D eigenvalue weighted by molar-refractivity contribution is 0.564. The third-order valence-corrected chi connectivity index (χ3v) is 4.91. The van der Waals surface area contributed by atoms with Gasteiger partial charge in [0.2, 0.25) is 18.2 Å². The number of nitrogens with zero attached hydrogens (tertiary/aromatic N) is 3. The van der Waals surface area contributed by atoms with Crippen LogP contribution >= 0.6 is 0 Å². The SMILES string of the molecule is CCCCCCCC[Si](N=C=O)(N=C=O)N=C=O. The number of isocyanates is 3. The normalized spacial score (nSPS) is 12.5. The molecule has 0 atom stereocenters. The molecule has 0 saturated carbocycles. The fourth-order valence-corrected chi connectivity index (χ4v) is 3.25. The van der Waals surface area contributed by atoms with Crippen molar-refractivity contribution in [3.05, 3.63) is 0 Å². The van der Waals surface area contributed by atoms with Crippen molar-refractivity contribution < 1.29 is 14.4 Å². The smallest absolute Gasteiger partial charge is 0.212 e. The predicted molar refractivity (Wildman–Crippen MR) is 68.3 cm³/mol. The second-order valence-electron chi connectivity index (χ2n) is 3.90. The molecule has 7 heteroatoms. The van der Waals surface area contributed by atoms with E-state index in [4.69, 9.17) is 0 Å². The first kappa shape index (κ1) is 16.4. The van der Waals surface area contributed by atoms with Gasteiger partial charge >= 0.3 is 8.56 Å². The zero-order chi connectivity index (χ0) is 13.7. The van der Waals surface area contributed by atoms with Crippen molar-refractivity contribution in [1.82, 2.24) is 0 Å². The number of unbranched alkanes of at least 4 members (excludes halogenated alkanes) is 5. The van der Waals surface area contributed by atoms with Gasteiger partial charge < -0.3 is 0 Å². The van der Waals surface area contributed by atoms with Crippen molar-refractivity contribution in [2.75, 3.05) is 0 Å². The molecule has 0 N–H and O–H groups in total. The summed E-state index contributed by atoms with van der Waals surface area (Å²) >= 11 is 0. The van der Waals surface area contributed by atoms with Crippen molar-refractivity contribution in [1.29, 1.82) is 0 Å². The van der Waals surface area contributed by atoms with Crippen molar-refractivity contribution in [2.24, 2.45) is 14.0 Å². The Morgan fingerprint density at radius 1 is 0.778 bits per heavy atom. The molecule has 0 radical (unpaired) electrons. The number of rotatable bonds is 10. The summed E-state index contributed by atoms with van der Waals surface area (Å²) in [4.78, 5) is 30.9. The van der Waals surface area contributed by atoms with E-state index in [2.05, 4.69) is 20.9 Å². The molecule has 0 aromatic rings. The summed E-state index contributed by atoms with van der Waals surface area (Å²) in [5.41, 5.74) is 0. The number of carbonyl (C=O) groups excluding carboxylic acids is 3. The van der Waals surface area contributed by atoms with Crippen LogP contribution in [0.15, 0.2) is 14.0 Å². The maximum atomic E-state index is 10.3. The molecule has 0 rings (SSSR count). The van der Waals surface area contributed by atoms with Crippen LogP contribution in [0.25, 0.3) is 0 Å². The maximum absolute atomic E-state index is 10.3. The molecule has 0 fully saturated rings. The Balaban J connectivity index is 4.37. The van der Waals surface area contributed by atoms with Crippen molar-refractivity contribution in [3.8, 4) is 0 Å². The highest BCUT2D eigenvalue weighted by atomic mass is 28.4. The summed E-state index contributed by atoms with van der Waals surface area (Å²) in [7, 11) is -3.26. The van der Waals surface area contributed by atoms with E-state index in [0.29, 0.717) is 6.04 Å². The highest BCUT2D eigenvalue weighted by Crippen LogP contribution is 2.19. The minimum absolute atomic E-state index is 0.346. The highest BCUT2D eigenvalue weighted by Gasteiger charge is 2.35. The van der Waals surface area contributed by atoms with E-state index in [-0.39, 0.29) is 0 Å². The molecule has 0 aliphatic heterocycles. The highest BCUT2D eigenvalue weighted by molar-refractivity contribution is 6.76. The molecule has 0 heterocycles. The van der Waals surface area contributed by atoms with Gasteiger partial charge in [-0.1, -0.05) is 45.4 Å². The molecule has 0 aromatic carbocycles. The fraction of sp³-hybridized carbons (Fsp3) is 0.727. The Bertz CT molecular complexity index is 335. The molecule has 98 valence electrons. The largest absolute Gasteiger partial charge is 0.467 e. The molecule has 0 aliphatic rings. The summed E-state index contributed by atoms with van der Waals surface area (Å²) in [6.45, 7) is 2.13. The van der Waals surface area contributed by atoms with Crippen LogP contribution in [0.3, 0.4) is 0 Å². The molecule has 0 amide bonds. The van der Waals surface area contributed by atoms with Crippen molar-refractivity contribution >= 4 is 26.8 Å². The van der Waals surface area contributed by atoms with E-state index in [9.17, 15) is 14.4 Å². The van der Waals surface area contributed by atoms with Gasteiger partial charge in [-0.15, -0.1) is 0 Å². The fourth-order valence-electron chi connectivity index (χ4n) is 1.60. The molecule has 6 nitrogen and oxygen atoms in total. The number of hydrogen-bond acceptors (Lipinski definition) is 6. The van der Waals surface area contributed by atoms with E-state index in [1.807, 2.05) is 0 Å². The Morgan fingerprint density at radius 3 is 1.67 bits per heavy atom. The van der Waals surface area contributed by atoms with Crippen LogP contribution in [0.1, 0.15) is 45.4 Å². The lowest BCUT2D eigenvalue weighted by atomic mass is 10.1. The van der Waals surface area contributed by atoms with Gasteiger partial charge in [-0.3, -0.25) is 0 Å². The summed E-state index contributed by atoms with van der Waals surface area (Å²) in [5.74, 6) is 0. The first-order valence-electron chi connectivity index (χ1n) is 6.01. The predicted octanol–water partition coefficient (Wildman–Crippen LogP) is 2.29. The van der Waals surface area contributed by atoms with Crippen LogP contribution in [0.2, 0.25) is 6.04 Å². The van der Waals surface area contributed by atoms with Crippen LogP contribution in [-0.4, -0.2) is 26.8 Å². The van der Waals surface area contributed by atoms with E-state index in [1.165, 1.54) is 31.1 Å². The lowest BCUT2D eigenvalue weighted by Gasteiger charge is -2.10. The Hall–Kier alpha value is -1.64. The summed E-state index contributed by atoms with van der Waals surface area (Å²) < 4.78 is 10.3. The summed E-state index contributed by atoms with van der Waals surface area (Å²) in [6.07, 6.45) is 10.2. The summed E-state index contributed by atoms with van der Waals surface area (Å²) in [5, 5.41) is 0. The molecular weight excluding hydrogens is 250 g/mol. The van der Waals surface area contributed by atoms with Gasteiger partial charge in [0.15, 0.2) is 0 Å². The van der Waals surface area contributed by atoms with Gasteiger partial charge in [-0.2, -0.15) is 14.0 Å². The van der Waals surface area contributed by atoms with Crippen molar-refractivity contribution in [3.63, 3.8) is 0 Å². The van der Waals surface area contributed by atoms with Crippen LogP contribution in [0.4, 0.5) is 0 Å². The maximum Gasteiger partial charge on any atom is 0.467 e. The van der Waals surface area contributed by atoms with Crippen LogP contribution in [0.5, 0.6) is 0 Å². The Labute approximate surface area is 107 Å². The quantitative estimate of drug-likeness (QED) is 0.263. The lowest BCUT2D eigenvalue weighted by Crippen LogP contribution is -2.27. The van der Waals surface area contributed by atoms with Gasteiger partial charge in [0, 0.05) is 6.04 Å².